The summed E-state index contributed by atoms with van der Waals surface area (Å²) in [5, 5.41) is 27.0. The molecule has 5 atom stereocenters. The summed E-state index contributed by atoms with van der Waals surface area (Å²) < 4.78 is 33.3. The van der Waals surface area contributed by atoms with Crippen LogP contribution < -0.4 is 106 Å². The Morgan fingerprint density at radius 3 is 1.26 bits per heavy atom. The molecule has 5 fully saturated rings. The standard InChI is InChI=1S/C28H34N6O4.C26H34N6O3.C24H33N7O4.C24H32N6O3/c1-28(2)17-34(19-8-5-6-9-19)24-22(33(3)26(28)36)16-30-27(32-24)31-21-12-11-18(14-23(21)37-4)25(35)29-15-20-10-7-13-38-20;1-26(2)14-32(19-11-15-6-7-16(19)10-15)22-20(31(4)24(26)34)13-28-25(30-22)29-18-9-8-17(23(33)27-3)12-21(18)35-5;1-24(2)14-31(13-16-11-26-8-9-35-16)20-18(30(4)22(24)33)12-27-23(29-20)28-17-7-6-15(21(32)25-3)10-19(17)34-5;1-5-15-14-30(17-8-6-7-9-17)21-19(29(3)23(15)32)13-26-24(28-21)27-18-11-10-16(22(31)25-2)12-20(18)33-4/h7,10-14,16,19H,5-6,8-9,15,17H2,1-4H3,(H,29,35)(H,30,31,32);8-9,12-13,15-16,19H,6-7,10-11,14H2,1-5H3,(H,27,33)(H,28,29,30);6-7,10,12,16,26H,8-9,11,13-14H2,1-5H3,(H,25,32)(H,27,28,29);10-13,15,17H,5-9,14H2,1-4H3,(H,25,31)(H,26,27,28). The molecule has 10 heterocycles. The first-order valence-electron chi connectivity index (χ1n) is 48.4. The van der Waals surface area contributed by atoms with E-state index in [0.29, 0.717) is 185 Å². The van der Waals surface area contributed by atoms with Crippen molar-refractivity contribution in [2.75, 3.05) is 191 Å². The van der Waals surface area contributed by atoms with Crippen molar-refractivity contribution in [1.29, 1.82) is 0 Å². The number of nitrogens with one attached hydrogen (secondary N) is 9. The molecular weight excluding hydrogens is 1800 g/mol. The molecule has 4 saturated carbocycles. The Labute approximate surface area is 822 Å². The zero-order valence-electron chi connectivity index (χ0n) is 83.9. The number of fused-ring (bicyclic) bond motifs is 6. The average molecular weight is 1930 g/mol. The van der Waals surface area contributed by atoms with Crippen molar-refractivity contribution in [3.8, 4) is 23.0 Å². The van der Waals surface area contributed by atoms with Crippen LogP contribution in [0.25, 0.3) is 0 Å². The minimum Gasteiger partial charge on any atom is -0.495 e. The number of amides is 8. The Morgan fingerprint density at radius 1 is 0.475 bits per heavy atom. The number of anilines is 16. The number of furan rings is 1. The first-order chi connectivity index (χ1) is 67.7. The molecule has 9 aliphatic rings. The van der Waals surface area contributed by atoms with Crippen LogP contribution in [0.4, 0.5) is 92.6 Å². The number of nitrogens with zero attached hydrogens (tertiary/aromatic N) is 16. The fraction of sp³-hybridized carbons (Fsp3) is 0.490. The number of benzene rings is 4. The largest absolute Gasteiger partial charge is 0.495 e. The normalized spacial score (nSPS) is 20.0. The lowest BCUT2D eigenvalue weighted by atomic mass is 9.88. The number of hydrogen-bond acceptors (Lipinski definition) is 31. The first-order valence-corrected chi connectivity index (χ1v) is 48.4. The molecule has 0 radical (unpaired) electrons. The Morgan fingerprint density at radius 2 is 0.872 bits per heavy atom. The summed E-state index contributed by atoms with van der Waals surface area (Å²) in [5.41, 5.74) is 5.58. The first kappa shape index (κ1) is 101. The van der Waals surface area contributed by atoms with Crippen molar-refractivity contribution < 1.29 is 66.5 Å². The van der Waals surface area contributed by atoms with Gasteiger partial charge in [0.2, 0.25) is 47.4 Å². The summed E-state index contributed by atoms with van der Waals surface area (Å²) in [6.45, 7) is 19.4. The van der Waals surface area contributed by atoms with Gasteiger partial charge in [0.15, 0.2) is 23.3 Å². The second-order valence-electron chi connectivity index (χ2n) is 39.1. The smallest absolute Gasteiger partial charge is 0.251 e. The highest BCUT2D eigenvalue weighted by Gasteiger charge is 2.49. The molecule has 9 aromatic rings. The van der Waals surface area contributed by atoms with Crippen LogP contribution in [0.5, 0.6) is 23.0 Å². The summed E-state index contributed by atoms with van der Waals surface area (Å²) in [6.07, 6.45) is 23.2. The molecule has 8 amide bonds. The van der Waals surface area contributed by atoms with Crippen LogP contribution in [0.2, 0.25) is 0 Å². The van der Waals surface area contributed by atoms with E-state index in [0.717, 1.165) is 86.4 Å². The SMILES string of the molecule is CCC1CN(C2CCCC2)c2nc(Nc3ccc(C(=O)NC)cc3OC)ncc2N(C)C1=O.CNC(=O)c1ccc(Nc2ncc3c(n2)N(C2CC4CCC2C4)CC(C)(C)C(=O)N3C)c(OC)c1.CNC(=O)c1ccc(Nc2ncc3c(n2)N(CC2CNCCO2)CC(C)(C)C(=O)N3C)c(OC)c1.COc1cc(C(=O)NCc2ccco2)ccc1Nc1ncc2c(n1)N(C1CCCC1)CC(C)(C)C(=O)N2C. The zero-order valence-corrected chi connectivity index (χ0v) is 83.9. The number of carbonyl (C=O) groups is 8. The highest BCUT2D eigenvalue weighted by molar-refractivity contribution is 6.05. The topological polar surface area (TPSA) is 433 Å². The minimum absolute atomic E-state index is 0.000273. The lowest BCUT2D eigenvalue weighted by Gasteiger charge is -2.38. The van der Waals surface area contributed by atoms with Crippen molar-refractivity contribution >= 4 is 140 Å². The lowest BCUT2D eigenvalue weighted by Crippen LogP contribution is -2.48. The van der Waals surface area contributed by atoms with Crippen molar-refractivity contribution in [2.45, 2.75) is 163 Å². The molecule has 141 heavy (non-hydrogen) atoms. The second-order valence-corrected chi connectivity index (χ2v) is 39.1. The molecule has 5 aromatic heterocycles. The van der Waals surface area contributed by atoms with E-state index in [2.05, 4.69) is 94.3 Å². The number of morpholine rings is 1. The second kappa shape index (κ2) is 43.7. The highest BCUT2D eigenvalue weighted by atomic mass is 16.5. The van der Waals surface area contributed by atoms with Crippen molar-refractivity contribution in [1.82, 2.24) is 66.5 Å². The van der Waals surface area contributed by atoms with E-state index in [-0.39, 0.29) is 59.3 Å². The number of aromatic nitrogens is 8. The lowest BCUT2D eigenvalue weighted by molar-refractivity contribution is -0.126. The fourth-order valence-corrected chi connectivity index (χ4v) is 20.5. The van der Waals surface area contributed by atoms with Gasteiger partial charge in [-0.25, -0.2) is 19.9 Å². The molecule has 750 valence electrons. The van der Waals surface area contributed by atoms with Crippen LogP contribution in [0.15, 0.2) is 120 Å². The predicted octanol–water partition coefficient (Wildman–Crippen LogP) is 12.8. The van der Waals surface area contributed by atoms with Crippen LogP contribution in [0.1, 0.15) is 179 Å². The molecule has 4 aliphatic carbocycles. The van der Waals surface area contributed by atoms with Gasteiger partial charge in [0, 0.05) is 136 Å². The van der Waals surface area contributed by atoms with E-state index >= 15 is 0 Å². The van der Waals surface area contributed by atoms with E-state index < -0.39 is 16.2 Å². The summed E-state index contributed by atoms with van der Waals surface area (Å²) in [6, 6.07) is 25.3. The van der Waals surface area contributed by atoms with Gasteiger partial charge in [0.1, 0.15) is 51.5 Å². The molecule has 5 unspecified atom stereocenters. The summed E-state index contributed by atoms with van der Waals surface area (Å²) in [5.74, 6) is 7.97. The Kier molecular flexibility index (Phi) is 31.3. The Bertz CT molecular complexity index is 6060. The number of carbonyl (C=O) groups excluding carboxylic acids is 8. The molecule has 1 saturated heterocycles. The maximum atomic E-state index is 13.3. The van der Waals surface area contributed by atoms with E-state index in [1.807, 2.05) is 48.6 Å². The summed E-state index contributed by atoms with van der Waals surface area (Å²) in [7, 11) is 18.1. The van der Waals surface area contributed by atoms with Crippen molar-refractivity contribution in [2.24, 2.45) is 34.0 Å². The van der Waals surface area contributed by atoms with E-state index in [4.69, 9.17) is 48.0 Å². The molecule has 5 aliphatic heterocycles. The third-order valence-corrected chi connectivity index (χ3v) is 28.1. The van der Waals surface area contributed by atoms with E-state index in [9.17, 15) is 38.4 Å². The maximum Gasteiger partial charge on any atom is 0.251 e. The van der Waals surface area contributed by atoms with Gasteiger partial charge in [-0.05, 0) is 190 Å². The number of methoxy groups -OCH3 is 4. The Hall–Kier alpha value is -14.2. The fourth-order valence-electron chi connectivity index (χ4n) is 20.5. The van der Waals surface area contributed by atoms with Gasteiger partial charge in [0.25, 0.3) is 23.6 Å². The molecule has 18 rings (SSSR count). The van der Waals surface area contributed by atoms with Crippen LogP contribution >= 0.6 is 0 Å². The molecule has 2 bridgehead atoms. The van der Waals surface area contributed by atoms with Gasteiger partial charge in [0.05, 0.1) is 124 Å². The average Bonchev–Trinajstić information content (AvgIpc) is 1.60. The van der Waals surface area contributed by atoms with Crippen LogP contribution in [-0.4, -0.2) is 242 Å². The van der Waals surface area contributed by atoms with Crippen LogP contribution in [0.3, 0.4) is 0 Å². The Balaban J connectivity index is 0.000000142. The molecule has 0 spiro atoms. The number of ether oxygens (including phenoxy) is 5. The monoisotopic (exact) mass is 1930 g/mol. The van der Waals surface area contributed by atoms with Gasteiger partial charge in [-0.15, -0.1) is 0 Å². The molecule has 39 heteroatoms. The molecule has 39 nitrogen and oxygen atoms in total. The van der Waals surface area contributed by atoms with Gasteiger partial charge in [-0.3, -0.25) is 38.4 Å². The third-order valence-electron chi connectivity index (χ3n) is 28.1. The third kappa shape index (κ3) is 22.3. The van der Waals surface area contributed by atoms with Gasteiger partial charge in [-0.1, -0.05) is 39.0 Å². The van der Waals surface area contributed by atoms with Crippen molar-refractivity contribution in [3.63, 3.8) is 0 Å². The molecule has 9 N–H and O–H groups in total. The predicted molar refractivity (Wildman–Crippen MR) is 543 cm³/mol. The van der Waals surface area contributed by atoms with Crippen molar-refractivity contribution in [3.05, 3.63) is 144 Å². The summed E-state index contributed by atoms with van der Waals surface area (Å²) >= 11 is 0. The quantitative estimate of drug-likeness (QED) is 0.0271. The molecule has 4 aromatic carbocycles. The van der Waals surface area contributed by atoms with Crippen LogP contribution in [0, 0.1) is 34.0 Å². The molecular formula is C102H133N25O14. The van der Waals surface area contributed by atoms with E-state index in [1.54, 1.807) is 199 Å². The minimum atomic E-state index is -0.621. The van der Waals surface area contributed by atoms with Gasteiger partial charge >= 0.3 is 0 Å². The number of rotatable bonds is 24. The highest BCUT2D eigenvalue weighted by Crippen LogP contribution is 2.52. The van der Waals surface area contributed by atoms with E-state index in [1.165, 1.54) is 52.1 Å². The van der Waals surface area contributed by atoms with Crippen LogP contribution in [-0.2, 0) is 30.5 Å². The van der Waals surface area contributed by atoms with Gasteiger partial charge in [-0.2, -0.15) is 19.9 Å². The summed E-state index contributed by atoms with van der Waals surface area (Å²) in [4.78, 5) is 155. The maximum absolute atomic E-state index is 13.3. The van der Waals surface area contributed by atoms with Gasteiger partial charge < -0.3 is 115 Å². The number of hydrogen-bond donors (Lipinski definition) is 9. The zero-order chi connectivity index (χ0) is 100.